The molecule has 5 rings (SSSR count). The molecule has 0 aromatic heterocycles. The first-order chi connectivity index (χ1) is 17.6. The van der Waals surface area contributed by atoms with E-state index in [0.717, 1.165) is 36.4 Å². The van der Waals surface area contributed by atoms with Crippen LogP contribution in [0.15, 0.2) is 36.4 Å². The van der Waals surface area contributed by atoms with Gasteiger partial charge >= 0.3 is 6.36 Å². The summed E-state index contributed by atoms with van der Waals surface area (Å²) in [6, 6.07) is 9.57. The fraction of sp³-hybridized carbons (Fsp3) is 0.500. The summed E-state index contributed by atoms with van der Waals surface area (Å²) in [4.78, 5) is 20.3. The summed E-state index contributed by atoms with van der Waals surface area (Å²) in [5.41, 5.74) is 1.99. The molecular formula is C26H28Cl2F3N3O3. The number of likely N-dealkylation sites (tertiary alicyclic amines) is 1. The monoisotopic (exact) mass is 557 g/mol. The third kappa shape index (κ3) is 5.71. The zero-order chi connectivity index (χ0) is 26.2. The Morgan fingerprint density at radius 3 is 2.22 bits per heavy atom. The Morgan fingerprint density at radius 2 is 1.57 bits per heavy atom. The zero-order valence-corrected chi connectivity index (χ0v) is 21.7. The lowest BCUT2D eigenvalue weighted by molar-refractivity contribution is -0.274. The third-order valence-corrected chi connectivity index (χ3v) is 8.24. The Labute approximate surface area is 223 Å². The van der Waals surface area contributed by atoms with E-state index in [2.05, 4.69) is 14.5 Å². The molecule has 2 aromatic rings. The molecule has 0 aliphatic carbocycles. The largest absolute Gasteiger partial charge is 0.573 e. The molecular weight excluding hydrogens is 530 g/mol. The number of halogens is 5. The average molecular weight is 558 g/mol. The van der Waals surface area contributed by atoms with Crippen molar-refractivity contribution in [3.8, 4) is 5.75 Å². The molecule has 3 aliphatic rings. The van der Waals surface area contributed by atoms with E-state index in [1.807, 2.05) is 17.0 Å². The van der Waals surface area contributed by atoms with Gasteiger partial charge in [-0.1, -0.05) is 35.3 Å². The minimum absolute atomic E-state index is 0.0856. The van der Waals surface area contributed by atoms with Gasteiger partial charge in [-0.15, -0.1) is 13.2 Å². The van der Waals surface area contributed by atoms with Crippen molar-refractivity contribution in [1.29, 1.82) is 0 Å². The molecule has 1 spiro atoms. The van der Waals surface area contributed by atoms with Crippen LogP contribution in [0.25, 0.3) is 0 Å². The molecule has 3 aliphatic heterocycles. The van der Waals surface area contributed by atoms with Crippen LogP contribution in [-0.2, 0) is 21.5 Å². The molecule has 37 heavy (non-hydrogen) atoms. The number of benzene rings is 2. The summed E-state index contributed by atoms with van der Waals surface area (Å²) in [5, 5.41) is 0.864. The molecule has 3 heterocycles. The number of carbonyl (C=O) groups is 1. The van der Waals surface area contributed by atoms with Crippen LogP contribution in [0.2, 0.25) is 10.0 Å². The molecule has 2 fully saturated rings. The van der Waals surface area contributed by atoms with Gasteiger partial charge in [0, 0.05) is 38.4 Å². The van der Waals surface area contributed by atoms with Gasteiger partial charge in [-0.05, 0) is 61.3 Å². The number of rotatable bonds is 6. The minimum atomic E-state index is -4.71. The molecule has 0 radical (unpaired) electrons. The van der Waals surface area contributed by atoms with Crippen LogP contribution in [0.5, 0.6) is 5.75 Å². The normalized spacial score (nSPS) is 20.5. The number of piperidine rings is 1. The van der Waals surface area contributed by atoms with Gasteiger partial charge < -0.3 is 14.4 Å². The summed E-state index contributed by atoms with van der Waals surface area (Å²) in [5.74, 6) is -0.155. The number of nitrogens with zero attached hydrogens (tertiary/aromatic N) is 3. The van der Waals surface area contributed by atoms with Crippen LogP contribution >= 0.6 is 23.2 Å². The van der Waals surface area contributed by atoms with Crippen LogP contribution in [0, 0.1) is 0 Å². The van der Waals surface area contributed by atoms with Crippen molar-refractivity contribution in [3.63, 3.8) is 0 Å². The molecule has 0 atom stereocenters. The maximum absolute atomic E-state index is 13.9. The number of alkyl halides is 3. The first kappa shape index (κ1) is 26.6. The Morgan fingerprint density at radius 1 is 0.919 bits per heavy atom. The van der Waals surface area contributed by atoms with Crippen molar-refractivity contribution in [1.82, 2.24) is 9.80 Å². The fourth-order valence-electron chi connectivity index (χ4n) is 5.54. The van der Waals surface area contributed by atoms with Gasteiger partial charge in [-0.25, -0.2) is 0 Å². The molecule has 200 valence electrons. The second-order valence-corrected chi connectivity index (χ2v) is 10.6. The van der Waals surface area contributed by atoms with Crippen LogP contribution < -0.4 is 9.64 Å². The van der Waals surface area contributed by atoms with E-state index in [0.29, 0.717) is 62.3 Å². The molecule has 2 aromatic carbocycles. The molecule has 0 bridgehead atoms. The van der Waals surface area contributed by atoms with E-state index in [-0.39, 0.29) is 11.7 Å². The van der Waals surface area contributed by atoms with Crippen LogP contribution in [0.1, 0.15) is 24.0 Å². The fourth-order valence-corrected chi connectivity index (χ4v) is 5.87. The second-order valence-electron chi connectivity index (χ2n) is 9.74. The highest BCUT2D eigenvalue weighted by Crippen LogP contribution is 2.50. The first-order valence-corrected chi connectivity index (χ1v) is 13.1. The van der Waals surface area contributed by atoms with Crippen molar-refractivity contribution in [2.24, 2.45) is 0 Å². The Hall–Kier alpha value is -2.04. The van der Waals surface area contributed by atoms with Gasteiger partial charge in [-0.3, -0.25) is 14.6 Å². The molecule has 2 saturated heterocycles. The maximum atomic E-state index is 13.9. The van der Waals surface area contributed by atoms with E-state index in [1.165, 1.54) is 12.1 Å². The van der Waals surface area contributed by atoms with E-state index in [9.17, 15) is 18.0 Å². The number of amides is 1. The lowest BCUT2D eigenvalue weighted by Crippen LogP contribution is -2.50. The second kappa shape index (κ2) is 10.6. The topological polar surface area (TPSA) is 45.2 Å². The molecule has 0 saturated carbocycles. The number of ether oxygens (including phenoxy) is 2. The lowest BCUT2D eigenvalue weighted by Gasteiger charge is -2.38. The third-order valence-electron chi connectivity index (χ3n) is 7.52. The molecule has 11 heteroatoms. The highest BCUT2D eigenvalue weighted by Gasteiger charge is 2.52. The van der Waals surface area contributed by atoms with Gasteiger partial charge in [-0.2, -0.15) is 0 Å². The number of hydrogen-bond donors (Lipinski definition) is 0. The molecule has 0 N–H and O–H groups in total. The SMILES string of the molecule is O=C1N(CCN2CCOCC2)c2cc(Cl)c(Cl)cc2C12CCN(Cc1ccc(OC(F)(F)F)cc1)CC2. The standard InChI is InChI=1S/C26H28Cl2F3N3O3/c27-21-15-20-23(16-22(21)28)34(10-9-32-11-13-36-14-12-32)24(35)25(20)5-7-33(8-6-25)17-18-1-3-19(4-2-18)37-26(29,30)31/h1-4,15-16H,5-14,17H2. The Bertz CT molecular complexity index is 1130. The molecule has 6 nitrogen and oxygen atoms in total. The highest BCUT2D eigenvalue weighted by atomic mass is 35.5. The smallest absolute Gasteiger partial charge is 0.406 e. The van der Waals surface area contributed by atoms with Crippen LogP contribution in [0.4, 0.5) is 18.9 Å². The predicted molar refractivity (Wildman–Crippen MR) is 135 cm³/mol. The summed E-state index contributed by atoms with van der Waals surface area (Å²) in [6.07, 6.45) is -3.46. The van der Waals surface area contributed by atoms with Crippen molar-refractivity contribution in [2.45, 2.75) is 31.2 Å². The van der Waals surface area contributed by atoms with E-state index in [1.54, 1.807) is 12.1 Å². The van der Waals surface area contributed by atoms with Gasteiger partial charge in [0.1, 0.15) is 5.75 Å². The lowest BCUT2D eigenvalue weighted by atomic mass is 9.73. The van der Waals surface area contributed by atoms with Crippen LogP contribution in [-0.4, -0.2) is 74.6 Å². The number of morpholine rings is 1. The molecule has 0 unspecified atom stereocenters. The number of anilines is 1. The summed E-state index contributed by atoms with van der Waals surface area (Å²) < 4.78 is 46.7. The average Bonchev–Trinajstić information content (AvgIpc) is 3.07. The Kier molecular flexibility index (Phi) is 7.62. The van der Waals surface area contributed by atoms with E-state index < -0.39 is 11.8 Å². The van der Waals surface area contributed by atoms with E-state index in [4.69, 9.17) is 27.9 Å². The summed E-state index contributed by atoms with van der Waals surface area (Å²) >= 11 is 12.8. The quantitative estimate of drug-likeness (QED) is 0.494. The predicted octanol–water partition coefficient (Wildman–Crippen LogP) is 5.10. The minimum Gasteiger partial charge on any atom is -0.406 e. The van der Waals surface area contributed by atoms with Crippen molar-refractivity contribution in [2.75, 3.05) is 57.4 Å². The van der Waals surface area contributed by atoms with Gasteiger partial charge in [0.25, 0.3) is 0 Å². The number of hydrogen-bond acceptors (Lipinski definition) is 5. The number of fused-ring (bicyclic) bond motifs is 2. The maximum Gasteiger partial charge on any atom is 0.573 e. The zero-order valence-electron chi connectivity index (χ0n) is 20.2. The van der Waals surface area contributed by atoms with Crippen LogP contribution in [0.3, 0.4) is 0 Å². The van der Waals surface area contributed by atoms with Crippen molar-refractivity contribution < 1.29 is 27.4 Å². The molecule has 1 amide bonds. The van der Waals surface area contributed by atoms with Gasteiger partial charge in [0.15, 0.2) is 0 Å². The van der Waals surface area contributed by atoms with Gasteiger partial charge in [0.05, 0.1) is 28.7 Å². The Balaban J connectivity index is 1.28. The van der Waals surface area contributed by atoms with Crippen molar-refractivity contribution >= 4 is 34.8 Å². The van der Waals surface area contributed by atoms with Crippen molar-refractivity contribution in [3.05, 3.63) is 57.6 Å². The highest BCUT2D eigenvalue weighted by molar-refractivity contribution is 6.42. The summed E-state index contributed by atoms with van der Waals surface area (Å²) in [6.45, 7) is 6.33. The van der Waals surface area contributed by atoms with Gasteiger partial charge in [0.2, 0.25) is 5.91 Å². The van der Waals surface area contributed by atoms with E-state index >= 15 is 0 Å². The summed E-state index contributed by atoms with van der Waals surface area (Å²) in [7, 11) is 0. The first-order valence-electron chi connectivity index (χ1n) is 12.3. The number of carbonyl (C=O) groups excluding carboxylic acids is 1.